The van der Waals surface area contributed by atoms with Crippen LogP contribution in [0.2, 0.25) is 0 Å². The van der Waals surface area contributed by atoms with Gasteiger partial charge in [-0.15, -0.1) is 0 Å². The van der Waals surface area contributed by atoms with Crippen molar-refractivity contribution >= 4 is 10.2 Å². The molecule has 0 amide bonds. The van der Waals surface area contributed by atoms with Crippen molar-refractivity contribution in [3.05, 3.63) is 60.3 Å². The number of hydrogen-bond donors (Lipinski definition) is 2. The Balaban J connectivity index is 1.49. The SMILES string of the molecule is COc1ccc(-c2[nH]c(-c3ccccc3)nc2CCNS(=O)(=O)N2CCN(C(C)C)CC2)cc1. The van der Waals surface area contributed by atoms with E-state index in [0.717, 1.165) is 47.2 Å². The van der Waals surface area contributed by atoms with Crippen molar-refractivity contribution in [2.75, 3.05) is 39.8 Å². The quantitative estimate of drug-likeness (QED) is 0.488. The molecule has 0 aliphatic carbocycles. The fourth-order valence-electron chi connectivity index (χ4n) is 4.17. The first-order valence-electron chi connectivity index (χ1n) is 11.6. The van der Waals surface area contributed by atoms with Crippen LogP contribution >= 0.6 is 0 Å². The minimum absolute atomic E-state index is 0.273. The van der Waals surface area contributed by atoms with Gasteiger partial charge in [0.25, 0.3) is 10.2 Å². The van der Waals surface area contributed by atoms with Crippen LogP contribution in [0.4, 0.5) is 0 Å². The summed E-state index contributed by atoms with van der Waals surface area (Å²) in [5.74, 6) is 1.53. The Morgan fingerprint density at radius 1 is 1.00 bits per heavy atom. The number of piperazine rings is 1. The summed E-state index contributed by atoms with van der Waals surface area (Å²) < 4.78 is 35.3. The van der Waals surface area contributed by atoms with Crippen molar-refractivity contribution in [1.82, 2.24) is 23.9 Å². The van der Waals surface area contributed by atoms with Crippen molar-refractivity contribution in [2.45, 2.75) is 26.3 Å². The molecule has 0 unspecified atom stereocenters. The van der Waals surface area contributed by atoms with Crippen molar-refractivity contribution in [1.29, 1.82) is 0 Å². The predicted octanol–water partition coefficient (Wildman–Crippen LogP) is 3.16. The first-order chi connectivity index (χ1) is 16.4. The Kier molecular flexibility index (Phi) is 7.67. The number of H-pyrrole nitrogens is 1. The van der Waals surface area contributed by atoms with E-state index >= 15 is 0 Å². The monoisotopic (exact) mass is 483 g/mol. The van der Waals surface area contributed by atoms with E-state index < -0.39 is 10.2 Å². The van der Waals surface area contributed by atoms with Gasteiger partial charge >= 0.3 is 0 Å². The number of ether oxygens (including phenoxy) is 1. The van der Waals surface area contributed by atoms with Crippen LogP contribution in [-0.2, 0) is 16.6 Å². The van der Waals surface area contributed by atoms with Crippen LogP contribution in [0.5, 0.6) is 5.75 Å². The average Bonchev–Trinajstić information content (AvgIpc) is 3.28. The van der Waals surface area contributed by atoms with Gasteiger partial charge in [-0.3, -0.25) is 4.90 Å². The molecule has 0 bridgehead atoms. The molecule has 0 atom stereocenters. The number of imidazole rings is 1. The van der Waals surface area contributed by atoms with E-state index in [1.807, 2.05) is 54.6 Å². The van der Waals surface area contributed by atoms with Crippen molar-refractivity contribution in [3.8, 4) is 28.4 Å². The molecule has 182 valence electrons. The Hall–Kier alpha value is -2.72. The number of nitrogens with zero attached hydrogens (tertiary/aromatic N) is 3. The molecule has 1 aliphatic rings. The molecule has 0 spiro atoms. The molecule has 34 heavy (non-hydrogen) atoms. The van der Waals surface area contributed by atoms with Gasteiger partial charge in [-0.05, 0) is 38.1 Å². The summed E-state index contributed by atoms with van der Waals surface area (Å²) >= 11 is 0. The lowest BCUT2D eigenvalue weighted by Gasteiger charge is -2.36. The summed E-state index contributed by atoms with van der Waals surface area (Å²) in [6, 6.07) is 18.1. The molecule has 9 heteroatoms. The highest BCUT2D eigenvalue weighted by molar-refractivity contribution is 7.87. The smallest absolute Gasteiger partial charge is 0.279 e. The molecule has 2 N–H and O–H groups in total. The van der Waals surface area contributed by atoms with Gasteiger partial charge < -0.3 is 9.72 Å². The van der Waals surface area contributed by atoms with Gasteiger partial charge in [0.15, 0.2) is 0 Å². The number of methoxy groups -OCH3 is 1. The van der Waals surface area contributed by atoms with Gasteiger partial charge in [0, 0.05) is 56.3 Å². The summed E-state index contributed by atoms with van der Waals surface area (Å²) in [6.07, 6.45) is 0.468. The van der Waals surface area contributed by atoms with Gasteiger partial charge in [0.1, 0.15) is 11.6 Å². The van der Waals surface area contributed by atoms with Crippen molar-refractivity contribution in [3.63, 3.8) is 0 Å². The average molecular weight is 484 g/mol. The van der Waals surface area contributed by atoms with Crippen LogP contribution in [0, 0.1) is 0 Å². The van der Waals surface area contributed by atoms with E-state index in [1.165, 1.54) is 4.31 Å². The van der Waals surface area contributed by atoms with E-state index in [9.17, 15) is 8.42 Å². The largest absolute Gasteiger partial charge is 0.497 e. The number of benzene rings is 2. The van der Waals surface area contributed by atoms with E-state index in [-0.39, 0.29) is 6.54 Å². The van der Waals surface area contributed by atoms with Gasteiger partial charge in [0.05, 0.1) is 18.5 Å². The second kappa shape index (κ2) is 10.7. The molecule has 2 aromatic carbocycles. The normalized spacial score (nSPS) is 15.6. The molecule has 8 nitrogen and oxygen atoms in total. The zero-order valence-electron chi connectivity index (χ0n) is 20.0. The van der Waals surface area contributed by atoms with Gasteiger partial charge in [0.2, 0.25) is 0 Å². The molecule has 2 heterocycles. The maximum absolute atomic E-state index is 12.9. The van der Waals surface area contributed by atoms with Crippen LogP contribution in [-0.4, -0.2) is 73.5 Å². The molecule has 4 rings (SSSR count). The summed E-state index contributed by atoms with van der Waals surface area (Å²) in [4.78, 5) is 10.5. The molecule has 1 aliphatic heterocycles. The topological polar surface area (TPSA) is 90.6 Å². The molecule has 3 aromatic rings. The molecular formula is C25H33N5O3S. The minimum Gasteiger partial charge on any atom is -0.497 e. The van der Waals surface area contributed by atoms with E-state index in [0.29, 0.717) is 25.6 Å². The number of hydrogen-bond acceptors (Lipinski definition) is 5. The van der Waals surface area contributed by atoms with Crippen molar-refractivity contribution < 1.29 is 13.2 Å². The van der Waals surface area contributed by atoms with Gasteiger partial charge in [-0.1, -0.05) is 30.3 Å². The molecule has 0 radical (unpaired) electrons. The lowest BCUT2D eigenvalue weighted by atomic mass is 10.1. The first kappa shape index (κ1) is 24.4. The fraction of sp³-hybridized carbons (Fsp3) is 0.400. The summed E-state index contributed by atoms with van der Waals surface area (Å²) in [5.41, 5.74) is 3.65. The minimum atomic E-state index is -3.53. The second-order valence-corrected chi connectivity index (χ2v) is 10.4. The molecular weight excluding hydrogens is 450 g/mol. The molecule has 1 saturated heterocycles. The number of rotatable bonds is 9. The fourth-order valence-corrected chi connectivity index (χ4v) is 5.36. The standard InChI is InChI=1S/C25H33N5O3S/c1-19(2)29-15-17-30(18-16-29)34(31,32)26-14-13-23-24(20-9-11-22(33-3)12-10-20)28-25(27-23)21-7-5-4-6-8-21/h4-12,19,26H,13-18H2,1-3H3,(H,27,28). The van der Waals surface area contributed by atoms with E-state index in [2.05, 4.69) is 28.5 Å². The Morgan fingerprint density at radius 2 is 1.68 bits per heavy atom. The third kappa shape index (κ3) is 5.67. The summed E-state index contributed by atoms with van der Waals surface area (Å²) in [6.45, 7) is 7.05. The molecule has 1 fully saturated rings. The van der Waals surface area contributed by atoms with Crippen molar-refractivity contribution in [2.24, 2.45) is 0 Å². The van der Waals surface area contributed by atoms with Gasteiger partial charge in [-0.2, -0.15) is 12.7 Å². The highest BCUT2D eigenvalue weighted by Gasteiger charge is 2.27. The highest BCUT2D eigenvalue weighted by atomic mass is 32.2. The van der Waals surface area contributed by atoms with Gasteiger partial charge in [-0.25, -0.2) is 9.71 Å². The van der Waals surface area contributed by atoms with Crippen LogP contribution in [0.25, 0.3) is 22.6 Å². The third-order valence-electron chi connectivity index (χ3n) is 6.19. The van der Waals surface area contributed by atoms with Crippen LogP contribution in [0.15, 0.2) is 54.6 Å². The zero-order valence-corrected chi connectivity index (χ0v) is 20.8. The summed E-state index contributed by atoms with van der Waals surface area (Å²) in [5, 5.41) is 0. The predicted molar refractivity (Wildman–Crippen MR) is 135 cm³/mol. The zero-order chi connectivity index (χ0) is 24.1. The third-order valence-corrected chi connectivity index (χ3v) is 7.81. The lowest BCUT2D eigenvalue weighted by molar-refractivity contribution is 0.153. The maximum atomic E-state index is 12.9. The maximum Gasteiger partial charge on any atom is 0.279 e. The van der Waals surface area contributed by atoms with Crippen LogP contribution in [0.3, 0.4) is 0 Å². The van der Waals surface area contributed by atoms with Crippen LogP contribution < -0.4 is 9.46 Å². The Morgan fingerprint density at radius 3 is 2.29 bits per heavy atom. The number of aromatic amines is 1. The second-order valence-electron chi connectivity index (χ2n) is 8.68. The molecule has 0 saturated carbocycles. The molecule has 1 aromatic heterocycles. The lowest BCUT2D eigenvalue weighted by Crippen LogP contribution is -2.53. The summed E-state index contributed by atoms with van der Waals surface area (Å²) in [7, 11) is -1.89. The number of aromatic nitrogens is 2. The van der Waals surface area contributed by atoms with E-state index in [1.54, 1.807) is 7.11 Å². The Bertz CT molecular complexity index is 1170. The number of nitrogens with one attached hydrogen (secondary N) is 2. The van der Waals surface area contributed by atoms with Crippen LogP contribution in [0.1, 0.15) is 19.5 Å². The Labute approximate surface area is 202 Å². The first-order valence-corrected chi connectivity index (χ1v) is 13.1. The highest BCUT2D eigenvalue weighted by Crippen LogP contribution is 2.28. The van der Waals surface area contributed by atoms with E-state index in [4.69, 9.17) is 9.72 Å².